The lowest BCUT2D eigenvalue weighted by molar-refractivity contribution is 0.134. The Morgan fingerprint density at radius 3 is 2.33 bits per heavy atom. The number of hydrogen-bond acceptors (Lipinski definition) is 3. The first-order valence-electron chi connectivity index (χ1n) is 6.36. The van der Waals surface area contributed by atoms with Crippen LogP contribution in [0.3, 0.4) is 0 Å². The Morgan fingerprint density at radius 2 is 1.93 bits per heavy atom. The van der Waals surface area contributed by atoms with Crippen LogP contribution in [0.15, 0.2) is 0 Å². The third-order valence-electron chi connectivity index (χ3n) is 3.82. The van der Waals surface area contributed by atoms with E-state index in [2.05, 4.69) is 31.0 Å². The Balaban J connectivity index is 2.48. The van der Waals surface area contributed by atoms with Crippen LogP contribution in [0.2, 0.25) is 0 Å². The smallest absolute Gasteiger partial charge is 0.0330 e. The molecular weight excluding hydrogens is 186 g/mol. The molecule has 0 aromatic carbocycles. The van der Waals surface area contributed by atoms with Crippen LogP contribution < -0.4 is 11.1 Å². The van der Waals surface area contributed by atoms with Crippen LogP contribution in [0.1, 0.15) is 40.0 Å². The summed E-state index contributed by atoms with van der Waals surface area (Å²) >= 11 is 0. The van der Waals surface area contributed by atoms with Crippen molar-refractivity contribution < 1.29 is 0 Å². The molecular formula is C12H27N3. The number of nitrogens with zero attached hydrogens (tertiary/aromatic N) is 1. The largest absolute Gasteiger partial charge is 0.329 e. The minimum atomic E-state index is 0.209. The van der Waals surface area contributed by atoms with Crippen molar-refractivity contribution >= 4 is 0 Å². The van der Waals surface area contributed by atoms with Crippen LogP contribution in [-0.4, -0.2) is 42.7 Å². The lowest BCUT2D eigenvalue weighted by Crippen LogP contribution is -2.59. The molecule has 3 nitrogen and oxygen atoms in total. The summed E-state index contributed by atoms with van der Waals surface area (Å²) in [5, 5.41) is 3.72. The summed E-state index contributed by atoms with van der Waals surface area (Å²) in [6, 6.07) is 0.585. The summed E-state index contributed by atoms with van der Waals surface area (Å²) in [5.74, 6) is 0. The molecule has 1 rings (SSSR count). The highest BCUT2D eigenvalue weighted by molar-refractivity contribution is 4.95. The second-order valence-electron chi connectivity index (χ2n) is 4.87. The van der Waals surface area contributed by atoms with E-state index in [1.165, 1.54) is 38.9 Å². The van der Waals surface area contributed by atoms with E-state index >= 15 is 0 Å². The zero-order valence-electron chi connectivity index (χ0n) is 10.6. The molecule has 1 unspecified atom stereocenters. The lowest BCUT2D eigenvalue weighted by atomic mass is 9.86. The van der Waals surface area contributed by atoms with Crippen molar-refractivity contribution in [3.63, 3.8) is 0 Å². The maximum absolute atomic E-state index is 5.95. The fourth-order valence-corrected chi connectivity index (χ4v) is 2.33. The molecule has 1 aliphatic rings. The maximum Gasteiger partial charge on any atom is 0.0330 e. The van der Waals surface area contributed by atoms with Crippen LogP contribution in [0.5, 0.6) is 0 Å². The Bertz CT molecular complexity index is 174. The van der Waals surface area contributed by atoms with E-state index in [-0.39, 0.29) is 5.54 Å². The van der Waals surface area contributed by atoms with E-state index in [9.17, 15) is 0 Å². The normalized spacial score (nSPS) is 24.0. The SMILES string of the molecule is CCC(C)NC1(CN)CCN(CC)CC1. The van der Waals surface area contributed by atoms with Gasteiger partial charge in [-0.1, -0.05) is 13.8 Å². The number of hydrogen-bond donors (Lipinski definition) is 2. The highest BCUT2D eigenvalue weighted by Crippen LogP contribution is 2.22. The average Bonchev–Trinajstić information content (AvgIpc) is 2.30. The molecule has 0 aliphatic carbocycles. The molecule has 0 amide bonds. The van der Waals surface area contributed by atoms with Crippen molar-refractivity contribution in [2.24, 2.45) is 5.73 Å². The van der Waals surface area contributed by atoms with Gasteiger partial charge in [-0.15, -0.1) is 0 Å². The monoisotopic (exact) mass is 213 g/mol. The van der Waals surface area contributed by atoms with Crippen molar-refractivity contribution in [1.29, 1.82) is 0 Å². The first-order chi connectivity index (χ1) is 7.15. The molecule has 0 spiro atoms. The van der Waals surface area contributed by atoms with Gasteiger partial charge in [0.25, 0.3) is 0 Å². The molecule has 90 valence electrons. The van der Waals surface area contributed by atoms with Gasteiger partial charge >= 0.3 is 0 Å². The summed E-state index contributed by atoms with van der Waals surface area (Å²) in [6.45, 7) is 11.0. The minimum Gasteiger partial charge on any atom is -0.329 e. The zero-order chi connectivity index (χ0) is 11.3. The predicted molar refractivity (Wildman–Crippen MR) is 66.0 cm³/mol. The van der Waals surface area contributed by atoms with Crippen molar-refractivity contribution in [2.75, 3.05) is 26.2 Å². The molecule has 3 heteroatoms. The molecule has 0 radical (unpaired) electrons. The summed E-state index contributed by atoms with van der Waals surface area (Å²) in [6.07, 6.45) is 3.57. The van der Waals surface area contributed by atoms with Gasteiger partial charge < -0.3 is 16.0 Å². The molecule has 1 aliphatic heterocycles. The van der Waals surface area contributed by atoms with Gasteiger partial charge in [0, 0.05) is 18.1 Å². The Labute approximate surface area is 94.4 Å². The predicted octanol–water partition coefficient (Wildman–Crippen LogP) is 1.19. The maximum atomic E-state index is 5.95. The summed E-state index contributed by atoms with van der Waals surface area (Å²) in [7, 11) is 0. The number of nitrogens with one attached hydrogen (secondary N) is 1. The van der Waals surface area contributed by atoms with Crippen molar-refractivity contribution in [1.82, 2.24) is 10.2 Å². The lowest BCUT2D eigenvalue weighted by Gasteiger charge is -2.43. The van der Waals surface area contributed by atoms with Gasteiger partial charge in [0.2, 0.25) is 0 Å². The second-order valence-corrected chi connectivity index (χ2v) is 4.87. The third-order valence-corrected chi connectivity index (χ3v) is 3.82. The summed E-state index contributed by atoms with van der Waals surface area (Å²) in [5.41, 5.74) is 6.16. The van der Waals surface area contributed by atoms with Crippen molar-refractivity contribution in [3.05, 3.63) is 0 Å². The molecule has 3 N–H and O–H groups in total. The fraction of sp³-hybridized carbons (Fsp3) is 1.00. The number of nitrogens with two attached hydrogens (primary N) is 1. The third kappa shape index (κ3) is 3.44. The van der Waals surface area contributed by atoms with E-state index in [4.69, 9.17) is 5.73 Å². The first-order valence-corrected chi connectivity index (χ1v) is 6.36. The molecule has 1 fully saturated rings. The fourth-order valence-electron chi connectivity index (χ4n) is 2.33. The Kier molecular flexibility index (Phi) is 5.03. The van der Waals surface area contributed by atoms with Crippen LogP contribution in [-0.2, 0) is 0 Å². The molecule has 0 aromatic heterocycles. The van der Waals surface area contributed by atoms with E-state index in [1.807, 2.05) is 0 Å². The molecule has 1 heterocycles. The van der Waals surface area contributed by atoms with Gasteiger partial charge in [-0.25, -0.2) is 0 Å². The molecule has 0 aromatic rings. The van der Waals surface area contributed by atoms with E-state index in [0.717, 1.165) is 6.54 Å². The topological polar surface area (TPSA) is 41.3 Å². The van der Waals surface area contributed by atoms with Crippen LogP contribution in [0.25, 0.3) is 0 Å². The summed E-state index contributed by atoms with van der Waals surface area (Å²) < 4.78 is 0. The molecule has 0 bridgehead atoms. The van der Waals surface area contributed by atoms with Gasteiger partial charge in [0.05, 0.1) is 0 Å². The molecule has 1 atom stereocenters. The zero-order valence-corrected chi connectivity index (χ0v) is 10.6. The molecule has 1 saturated heterocycles. The average molecular weight is 213 g/mol. The highest BCUT2D eigenvalue weighted by Gasteiger charge is 2.33. The van der Waals surface area contributed by atoms with Gasteiger partial charge in [0.15, 0.2) is 0 Å². The number of likely N-dealkylation sites (tertiary alicyclic amines) is 1. The molecule has 0 saturated carbocycles. The quantitative estimate of drug-likeness (QED) is 0.721. The van der Waals surface area contributed by atoms with Gasteiger partial charge in [-0.3, -0.25) is 0 Å². The standard InChI is InChI=1S/C12H27N3/c1-4-11(3)14-12(10-13)6-8-15(5-2)9-7-12/h11,14H,4-10,13H2,1-3H3. The number of piperidine rings is 1. The first kappa shape index (κ1) is 12.9. The van der Waals surface area contributed by atoms with Crippen LogP contribution >= 0.6 is 0 Å². The second kappa shape index (κ2) is 5.83. The highest BCUT2D eigenvalue weighted by atomic mass is 15.2. The Morgan fingerprint density at radius 1 is 1.33 bits per heavy atom. The van der Waals surface area contributed by atoms with Crippen LogP contribution in [0, 0.1) is 0 Å². The number of rotatable bonds is 5. The van der Waals surface area contributed by atoms with Crippen molar-refractivity contribution in [3.8, 4) is 0 Å². The Hall–Kier alpha value is -0.120. The van der Waals surface area contributed by atoms with Crippen LogP contribution in [0.4, 0.5) is 0 Å². The van der Waals surface area contributed by atoms with Crippen molar-refractivity contribution in [2.45, 2.75) is 51.6 Å². The van der Waals surface area contributed by atoms with E-state index in [0.29, 0.717) is 6.04 Å². The van der Waals surface area contributed by atoms with Gasteiger partial charge in [-0.05, 0) is 45.8 Å². The van der Waals surface area contributed by atoms with Gasteiger partial charge in [0.1, 0.15) is 0 Å². The van der Waals surface area contributed by atoms with E-state index < -0.39 is 0 Å². The van der Waals surface area contributed by atoms with E-state index in [1.54, 1.807) is 0 Å². The molecule has 15 heavy (non-hydrogen) atoms. The summed E-state index contributed by atoms with van der Waals surface area (Å²) in [4.78, 5) is 2.51. The van der Waals surface area contributed by atoms with Gasteiger partial charge in [-0.2, -0.15) is 0 Å². The minimum absolute atomic E-state index is 0.209.